The predicted octanol–water partition coefficient (Wildman–Crippen LogP) is 3.56. The molecule has 1 aromatic carbocycles. The number of pyridine rings is 1. The van der Waals surface area contributed by atoms with Gasteiger partial charge in [-0.2, -0.15) is 0 Å². The average molecular weight is 279 g/mol. The molecule has 0 amide bonds. The lowest BCUT2D eigenvalue weighted by atomic mass is 10.0. The molecule has 0 bridgehead atoms. The molecule has 2 aromatic heterocycles. The van der Waals surface area contributed by atoms with Crippen LogP contribution in [0.4, 0.5) is 0 Å². The Hall–Kier alpha value is -2.13. The van der Waals surface area contributed by atoms with E-state index in [-0.39, 0.29) is 6.04 Å². The van der Waals surface area contributed by atoms with Crippen molar-refractivity contribution in [2.45, 2.75) is 33.2 Å². The number of nitrogens with two attached hydrogens (primary N) is 1. The first kappa shape index (κ1) is 13.8. The SMILES string of the molecule is Cc1cccc(Cc2nc3cc(C)ccn3c2C(C)N)c1. The van der Waals surface area contributed by atoms with Crippen molar-refractivity contribution in [3.8, 4) is 0 Å². The summed E-state index contributed by atoms with van der Waals surface area (Å²) in [4.78, 5) is 4.80. The van der Waals surface area contributed by atoms with Crippen LogP contribution in [0.5, 0.6) is 0 Å². The van der Waals surface area contributed by atoms with Gasteiger partial charge in [0.05, 0.1) is 11.4 Å². The lowest BCUT2D eigenvalue weighted by Gasteiger charge is -2.09. The van der Waals surface area contributed by atoms with E-state index in [2.05, 4.69) is 60.8 Å². The van der Waals surface area contributed by atoms with Gasteiger partial charge in [-0.05, 0) is 44.0 Å². The number of aryl methyl sites for hydroxylation is 2. The Kier molecular flexibility index (Phi) is 3.52. The van der Waals surface area contributed by atoms with E-state index >= 15 is 0 Å². The van der Waals surface area contributed by atoms with Crippen molar-refractivity contribution in [1.29, 1.82) is 0 Å². The molecule has 3 heteroatoms. The van der Waals surface area contributed by atoms with Crippen LogP contribution < -0.4 is 5.73 Å². The van der Waals surface area contributed by atoms with Gasteiger partial charge in [0, 0.05) is 18.7 Å². The number of rotatable bonds is 3. The lowest BCUT2D eigenvalue weighted by Crippen LogP contribution is -2.11. The molecule has 0 saturated carbocycles. The molecule has 108 valence electrons. The van der Waals surface area contributed by atoms with E-state index in [1.165, 1.54) is 16.7 Å². The lowest BCUT2D eigenvalue weighted by molar-refractivity contribution is 0.755. The summed E-state index contributed by atoms with van der Waals surface area (Å²) in [6.07, 6.45) is 2.88. The maximum absolute atomic E-state index is 6.19. The smallest absolute Gasteiger partial charge is 0.137 e. The van der Waals surface area contributed by atoms with Crippen molar-refractivity contribution in [2.75, 3.05) is 0 Å². The molecule has 0 aliphatic rings. The van der Waals surface area contributed by atoms with Crippen LogP contribution in [-0.2, 0) is 6.42 Å². The van der Waals surface area contributed by atoms with Gasteiger partial charge in [-0.3, -0.25) is 0 Å². The maximum atomic E-state index is 6.19. The van der Waals surface area contributed by atoms with Gasteiger partial charge in [-0.15, -0.1) is 0 Å². The first-order chi connectivity index (χ1) is 10.0. The highest BCUT2D eigenvalue weighted by atomic mass is 15.0. The fourth-order valence-corrected chi connectivity index (χ4v) is 2.84. The number of hydrogen-bond donors (Lipinski definition) is 1. The van der Waals surface area contributed by atoms with Gasteiger partial charge in [-0.25, -0.2) is 4.98 Å². The minimum atomic E-state index is -0.0393. The Balaban J connectivity index is 2.10. The van der Waals surface area contributed by atoms with Gasteiger partial charge in [0.1, 0.15) is 5.65 Å². The number of aromatic nitrogens is 2. The van der Waals surface area contributed by atoms with Crippen molar-refractivity contribution in [1.82, 2.24) is 9.38 Å². The minimum absolute atomic E-state index is 0.0393. The highest BCUT2D eigenvalue weighted by Gasteiger charge is 2.15. The molecular formula is C18H21N3. The second-order valence-electron chi connectivity index (χ2n) is 5.83. The number of nitrogens with zero attached hydrogens (tertiary/aromatic N) is 2. The summed E-state index contributed by atoms with van der Waals surface area (Å²) < 4.78 is 2.11. The van der Waals surface area contributed by atoms with Crippen LogP contribution in [0.3, 0.4) is 0 Å². The summed E-state index contributed by atoms with van der Waals surface area (Å²) in [5, 5.41) is 0. The molecule has 0 aliphatic heterocycles. The van der Waals surface area contributed by atoms with Crippen molar-refractivity contribution in [3.05, 3.63) is 70.7 Å². The second kappa shape index (κ2) is 5.34. The van der Waals surface area contributed by atoms with E-state index in [0.717, 1.165) is 23.5 Å². The van der Waals surface area contributed by atoms with Crippen LogP contribution in [0.15, 0.2) is 42.6 Å². The topological polar surface area (TPSA) is 43.3 Å². The van der Waals surface area contributed by atoms with E-state index in [9.17, 15) is 0 Å². The normalized spacial score (nSPS) is 12.8. The largest absolute Gasteiger partial charge is 0.323 e. The van der Waals surface area contributed by atoms with E-state index in [0.29, 0.717) is 0 Å². The molecule has 2 heterocycles. The van der Waals surface area contributed by atoms with Crippen LogP contribution >= 0.6 is 0 Å². The fourth-order valence-electron chi connectivity index (χ4n) is 2.84. The first-order valence-electron chi connectivity index (χ1n) is 7.33. The molecule has 3 rings (SSSR count). The zero-order valence-corrected chi connectivity index (χ0v) is 12.8. The van der Waals surface area contributed by atoms with Crippen molar-refractivity contribution in [2.24, 2.45) is 5.73 Å². The molecule has 0 fully saturated rings. The Bertz CT molecular complexity index is 784. The van der Waals surface area contributed by atoms with Crippen LogP contribution in [0.2, 0.25) is 0 Å². The average Bonchev–Trinajstić information content (AvgIpc) is 2.75. The van der Waals surface area contributed by atoms with Gasteiger partial charge in [0.25, 0.3) is 0 Å². The number of hydrogen-bond acceptors (Lipinski definition) is 2. The Morgan fingerprint density at radius 2 is 1.90 bits per heavy atom. The molecule has 0 radical (unpaired) electrons. The first-order valence-corrected chi connectivity index (χ1v) is 7.33. The van der Waals surface area contributed by atoms with Gasteiger partial charge in [0.2, 0.25) is 0 Å². The molecule has 3 aromatic rings. The van der Waals surface area contributed by atoms with Crippen LogP contribution in [0.1, 0.15) is 41.0 Å². The fraction of sp³-hybridized carbons (Fsp3) is 0.278. The van der Waals surface area contributed by atoms with Gasteiger partial charge in [-0.1, -0.05) is 29.8 Å². The van der Waals surface area contributed by atoms with Gasteiger partial charge in [0.15, 0.2) is 0 Å². The Morgan fingerprint density at radius 1 is 1.14 bits per heavy atom. The van der Waals surface area contributed by atoms with Crippen molar-refractivity contribution >= 4 is 5.65 Å². The van der Waals surface area contributed by atoms with E-state index in [4.69, 9.17) is 10.7 Å². The van der Waals surface area contributed by atoms with E-state index < -0.39 is 0 Å². The van der Waals surface area contributed by atoms with Crippen molar-refractivity contribution < 1.29 is 0 Å². The molecule has 3 nitrogen and oxygen atoms in total. The standard InChI is InChI=1S/C18H21N3/c1-12-5-4-6-15(9-12)11-16-18(14(3)19)21-8-7-13(2)10-17(21)20-16/h4-10,14H,11,19H2,1-3H3. The second-order valence-corrected chi connectivity index (χ2v) is 5.83. The van der Waals surface area contributed by atoms with Crippen LogP contribution in [-0.4, -0.2) is 9.38 Å². The van der Waals surface area contributed by atoms with Crippen LogP contribution in [0, 0.1) is 13.8 Å². The molecule has 1 unspecified atom stereocenters. The summed E-state index contributed by atoms with van der Waals surface area (Å²) in [5.41, 5.74) is 13.1. The summed E-state index contributed by atoms with van der Waals surface area (Å²) in [7, 11) is 0. The maximum Gasteiger partial charge on any atom is 0.137 e. The number of imidazole rings is 1. The molecule has 0 saturated heterocycles. The van der Waals surface area contributed by atoms with E-state index in [1.54, 1.807) is 0 Å². The Labute approximate surface area is 125 Å². The summed E-state index contributed by atoms with van der Waals surface area (Å²) >= 11 is 0. The van der Waals surface area contributed by atoms with Crippen LogP contribution in [0.25, 0.3) is 5.65 Å². The Morgan fingerprint density at radius 3 is 2.62 bits per heavy atom. The monoisotopic (exact) mass is 279 g/mol. The summed E-state index contributed by atoms with van der Waals surface area (Å²) in [5.74, 6) is 0. The zero-order valence-electron chi connectivity index (χ0n) is 12.8. The van der Waals surface area contributed by atoms with Gasteiger partial charge >= 0.3 is 0 Å². The third kappa shape index (κ3) is 2.69. The van der Waals surface area contributed by atoms with Crippen molar-refractivity contribution in [3.63, 3.8) is 0 Å². The quantitative estimate of drug-likeness (QED) is 0.796. The highest BCUT2D eigenvalue weighted by molar-refractivity contribution is 5.47. The predicted molar refractivity (Wildman–Crippen MR) is 86.5 cm³/mol. The number of fused-ring (bicyclic) bond motifs is 1. The third-order valence-corrected chi connectivity index (χ3v) is 3.78. The number of benzene rings is 1. The molecule has 1 atom stereocenters. The molecule has 21 heavy (non-hydrogen) atoms. The van der Waals surface area contributed by atoms with Gasteiger partial charge < -0.3 is 10.1 Å². The minimum Gasteiger partial charge on any atom is -0.323 e. The third-order valence-electron chi connectivity index (χ3n) is 3.78. The molecule has 0 spiro atoms. The molecule has 0 aliphatic carbocycles. The summed E-state index contributed by atoms with van der Waals surface area (Å²) in [6.45, 7) is 6.21. The molecular weight excluding hydrogens is 258 g/mol. The zero-order chi connectivity index (χ0) is 15.0. The van der Waals surface area contributed by atoms with E-state index in [1.807, 2.05) is 6.92 Å². The highest BCUT2D eigenvalue weighted by Crippen LogP contribution is 2.22. The summed E-state index contributed by atoms with van der Waals surface area (Å²) in [6, 6.07) is 12.7. The molecule has 2 N–H and O–H groups in total.